The molecule has 10 heteroatoms. The quantitative estimate of drug-likeness (QED) is 0.386. The van der Waals surface area contributed by atoms with E-state index in [-0.39, 0.29) is 27.3 Å². The monoisotopic (exact) mass is 476 g/mol. The molecule has 0 unspecified atom stereocenters. The number of aromatic nitrogens is 3. The Bertz CT molecular complexity index is 1240. The van der Waals surface area contributed by atoms with Crippen LogP contribution in [0.25, 0.3) is 11.4 Å². The van der Waals surface area contributed by atoms with Gasteiger partial charge in [0.1, 0.15) is 0 Å². The number of amides is 1. The van der Waals surface area contributed by atoms with Crippen molar-refractivity contribution >= 4 is 44.8 Å². The van der Waals surface area contributed by atoms with Crippen LogP contribution in [0.3, 0.4) is 0 Å². The molecular formula is C21H21ClN4O3S2. The highest BCUT2D eigenvalue weighted by Crippen LogP contribution is 2.27. The molecule has 0 saturated heterocycles. The van der Waals surface area contributed by atoms with Crippen molar-refractivity contribution in [2.75, 3.05) is 17.3 Å². The van der Waals surface area contributed by atoms with E-state index in [9.17, 15) is 13.2 Å². The lowest BCUT2D eigenvalue weighted by Crippen LogP contribution is -2.15. The van der Waals surface area contributed by atoms with Gasteiger partial charge in [0.15, 0.2) is 20.8 Å². The standard InChI is InChI=1S/C21H21ClN4O3S2/c1-4-10-26-20(15-7-5-6-14(2)11-15)24-25-21(26)30-13-19(27)23-18-12-16(31(3,28)29)8-9-17(18)22/h4-9,11-12H,1,10,13H2,2-3H3,(H,23,27). The van der Waals surface area contributed by atoms with Crippen LogP contribution in [-0.4, -0.2) is 41.1 Å². The van der Waals surface area contributed by atoms with Crippen LogP contribution in [0.15, 0.2) is 65.2 Å². The molecule has 1 aromatic heterocycles. The summed E-state index contributed by atoms with van der Waals surface area (Å²) in [5.74, 6) is 0.390. The average molecular weight is 477 g/mol. The lowest BCUT2D eigenvalue weighted by atomic mass is 10.1. The van der Waals surface area contributed by atoms with Gasteiger partial charge in [-0.1, -0.05) is 53.2 Å². The Hall–Kier alpha value is -2.62. The Labute approximate surface area is 190 Å². The largest absolute Gasteiger partial charge is 0.324 e. The summed E-state index contributed by atoms with van der Waals surface area (Å²) in [6, 6.07) is 12.1. The summed E-state index contributed by atoms with van der Waals surface area (Å²) in [4.78, 5) is 12.5. The van der Waals surface area contributed by atoms with Crippen LogP contribution in [0.1, 0.15) is 5.56 Å². The van der Waals surface area contributed by atoms with Gasteiger partial charge in [0.25, 0.3) is 0 Å². The number of sulfone groups is 1. The van der Waals surface area contributed by atoms with E-state index in [1.165, 1.54) is 30.0 Å². The number of thioether (sulfide) groups is 1. The van der Waals surface area contributed by atoms with Gasteiger partial charge in [0.05, 0.1) is 21.4 Å². The normalized spacial score (nSPS) is 11.3. The van der Waals surface area contributed by atoms with Gasteiger partial charge in [0, 0.05) is 18.4 Å². The minimum Gasteiger partial charge on any atom is -0.324 e. The summed E-state index contributed by atoms with van der Waals surface area (Å²) in [6.45, 7) is 6.28. The Morgan fingerprint density at radius 3 is 2.71 bits per heavy atom. The fourth-order valence-electron chi connectivity index (χ4n) is 2.83. The molecule has 0 atom stereocenters. The second-order valence-corrected chi connectivity index (χ2v) is 10.2. The molecule has 0 bridgehead atoms. The van der Waals surface area contributed by atoms with Crippen LogP contribution in [0.2, 0.25) is 5.02 Å². The van der Waals surface area contributed by atoms with E-state index >= 15 is 0 Å². The maximum absolute atomic E-state index is 12.5. The van der Waals surface area contributed by atoms with Gasteiger partial charge in [-0.3, -0.25) is 9.36 Å². The van der Waals surface area contributed by atoms with Crippen molar-refractivity contribution in [2.24, 2.45) is 0 Å². The molecule has 0 aliphatic rings. The highest BCUT2D eigenvalue weighted by Gasteiger charge is 2.16. The van der Waals surface area contributed by atoms with Crippen LogP contribution in [0, 0.1) is 6.92 Å². The predicted molar refractivity (Wildman–Crippen MR) is 124 cm³/mol. The molecule has 7 nitrogen and oxygen atoms in total. The third kappa shape index (κ3) is 5.75. The average Bonchev–Trinajstić information content (AvgIpc) is 3.10. The number of carbonyl (C=O) groups excluding carboxylic acids is 1. The van der Waals surface area contributed by atoms with Crippen molar-refractivity contribution in [2.45, 2.75) is 23.5 Å². The van der Waals surface area contributed by atoms with Gasteiger partial charge in [-0.25, -0.2) is 8.42 Å². The number of carbonyl (C=O) groups is 1. The molecule has 1 amide bonds. The Morgan fingerprint density at radius 2 is 2.03 bits per heavy atom. The minimum atomic E-state index is -3.42. The van der Waals surface area contributed by atoms with Gasteiger partial charge in [0.2, 0.25) is 5.91 Å². The summed E-state index contributed by atoms with van der Waals surface area (Å²) in [7, 11) is -3.42. The summed E-state index contributed by atoms with van der Waals surface area (Å²) < 4.78 is 25.4. The summed E-state index contributed by atoms with van der Waals surface area (Å²) in [5.41, 5.74) is 2.27. The highest BCUT2D eigenvalue weighted by atomic mass is 35.5. The third-order valence-corrected chi connectivity index (χ3v) is 6.68. The maximum atomic E-state index is 12.5. The third-order valence-electron chi connectivity index (χ3n) is 4.28. The smallest absolute Gasteiger partial charge is 0.234 e. The van der Waals surface area contributed by atoms with E-state index in [1.807, 2.05) is 35.8 Å². The molecule has 3 aromatic rings. The summed E-state index contributed by atoms with van der Waals surface area (Å²) in [5, 5.41) is 12.0. The van der Waals surface area contributed by atoms with Crippen molar-refractivity contribution < 1.29 is 13.2 Å². The zero-order valence-corrected chi connectivity index (χ0v) is 19.4. The lowest BCUT2D eigenvalue weighted by Gasteiger charge is -2.10. The number of benzene rings is 2. The van der Waals surface area contributed by atoms with Crippen LogP contribution in [-0.2, 0) is 21.2 Å². The number of nitrogens with one attached hydrogen (secondary N) is 1. The topological polar surface area (TPSA) is 94.0 Å². The first-order valence-corrected chi connectivity index (χ1v) is 12.5. The SMILES string of the molecule is C=CCn1c(SCC(=O)Nc2cc(S(C)(=O)=O)ccc2Cl)nnc1-c1cccc(C)c1. The van der Waals surface area contributed by atoms with E-state index < -0.39 is 9.84 Å². The molecule has 0 aliphatic carbocycles. The highest BCUT2D eigenvalue weighted by molar-refractivity contribution is 7.99. The van der Waals surface area contributed by atoms with Crippen LogP contribution < -0.4 is 5.32 Å². The van der Waals surface area contributed by atoms with Crippen LogP contribution in [0.5, 0.6) is 0 Å². The molecule has 162 valence electrons. The second kappa shape index (κ2) is 9.67. The molecule has 0 aliphatic heterocycles. The molecular weight excluding hydrogens is 456 g/mol. The first-order chi connectivity index (χ1) is 14.7. The zero-order chi connectivity index (χ0) is 22.6. The Balaban J connectivity index is 1.76. The van der Waals surface area contributed by atoms with E-state index in [0.717, 1.165) is 17.4 Å². The van der Waals surface area contributed by atoms with Gasteiger partial charge < -0.3 is 5.32 Å². The van der Waals surface area contributed by atoms with Crippen LogP contribution >= 0.6 is 23.4 Å². The van der Waals surface area contributed by atoms with E-state index in [0.29, 0.717) is 17.5 Å². The maximum Gasteiger partial charge on any atom is 0.234 e. The first kappa shape index (κ1) is 23.1. The number of halogens is 1. The number of hydrogen-bond donors (Lipinski definition) is 1. The molecule has 0 spiro atoms. The number of hydrogen-bond acceptors (Lipinski definition) is 6. The Kier molecular flexibility index (Phi) is 7.19. The number of nitrogens with zero attached hydrogens (tertiary/aromatic N) is 3. The van der Waals surface area contributed by atoms with Gasteiger partial charge in [-0.2, -0.15) is 0 Å². The molecule has 1 N–H and O–H groups in total. The molecule has 0 saturated carbocycles. The van der Waals surface area contributed by atoms with E-state index in [2.05, 4.69) is 22.1 Å². The number of aryl methyl sites for hydroxylation is 1. The first-order valence-electron chi connectivity index (χ1n) is 9.22. The summed E-state index contributed by atoms with van der Waals surface area (Å²) >= 11 is 7.32. The van der Waals surface area contributed by atoms with E-state index in [4.69, 9.17) is 11.6 Å². The molecule has 1 heterocycles. The second-order valence-electron chi connectivity index (χ2n) is 6.83. The molecule has 2 aromatic carbocycles. The molecule has 0 fully saturated rings. The molecule has 3 rings (SSSR count). The van der Waals surface area contributed by atoms with Crippen molar-refractivity contribution in [1.82, 2.24) is 14.8 Å². The summed E-state index contributed by atoms with van der Waals surface area (Å²) in [6.07, 6.45) is 2.83. The van der Waals surface area contributed by atoms with E-state index in [1.54, 1.807) is 6.08 Å². The van der Waals surface area contributed by atoms with Gasteiger partial charge >= 0.3 is 0 Å². The van der Waals surface area contributed by atoms with Gasteiger partial charge in [-0.05, 0) is 31.2 Å². The van der Waals surface area contributed by atoms with Gasteiger partial charge in [-0.15, -0.1) is 16.8 Å². The Morgan fingerprint density at radius 1 is 1.26 bits per heavy atom. The minimum absolute atomic E-state index is 0.0442. The van der Waals surface area contributed by atoms with Crippen LogP contribution in [0.4, 0.5) is 5.69 Å². The fraction of sp³-hybridized carbons (Fsp3) is 0.190. The molecule has 0 radical (unpaired) electrons. The number of rotatable bonds is 8. The fourth-order valence-corrected chi connectivity index (χ4v) is 4.39. The molecule has 31 heavy (non-hydrogen) atoms. The number of anilines is 1. The zero-order valence-electron chi connectivity index (χ0n) is 17.0. The predicted octanol–water partition coefficient (Wildman–Crippen LogP) is 4.23. The number of allylic oxidation sites excluding steroid dienone is 1. The van der Waals surface area contributed by atoms with Crippen molar-refractivity contribution in [3.63, 3.8) is 0 Å². The van der Waals surface area contributed by atoms with Crippen molar-refractivity contribution in [3.8, 4) is 11.4 Å². The van der Waals surface area contributed by atoms with Crippen molar-refractivity contribution in [1.29, 1.82) is 0 Å². The lowest BCUT2D eigenvalue weighted by molar-refractivity contribution is -0.113. The van der Waals surface area contributed by atoms with Crippen molar-refractivity contribution in [3.05, 3.63) is 65.7 Å².